The number of rotatable bonds is 8. The number of aromatic nitrogens is 5. The summed E-state index contributed by atoms with van der Waals surface area (Å²) in [6.07, 6.45) is 5.54. The van der Waals surface area contributed by atoms with Crippen LogP contribution in [0.2, 0.25) is 0 Å². The second kappa shape index (κ2) is 10.1. The van der Waals surface area contributed by atoms with Gasteiger partial charge in [-0.05, 0) is 66.3 Å². The van der Waals surface area contributed by atoms with Crippen LogP contribution in [0, 0.1) is 13.8 Å². The number of nitrogens with zero attached hydrogens (tertiary/aromatic N) is 5. The molecule has 4 aromatic rings. The standard InChI is InChI=1S/C28H34N6O/c1-4-25(27-30-31-32-34(27)23-12-8-9-13-23)33(17-21-10-6-5-7-11-21)18-22-16-24-19(2)14-15-20(3)26(24)29-28(22)35/h5-7,10-11,14-16,23,25H,4,8-9,12-13,17-18H2,1-3H3,(H,29,35). The van der Waals surface area contributed by atoms with Crippen molar-refractivity contribution >= 4 is 10.9 Å². The molecule has 1 aliphatic carbocycles. The van der Waals surface area contributed by atoms with Crippen LogP contribution in [0.25, 0.3) is 10.9 Å². The van der Waals surface area contributed by atoms with Gasteiger partial charge in [0.05, 0.1) is 17.6 Å². The summed E-state index contributed by atoms with van der Waals surface area (Å²) in [7, 11) is 0. The SMILES string of the molecule is CCC(c1nnnn1C1CCCC1)N(Cc1ccccc1)Cc1cc2c(C)ccc(C)c2[nH]c1=O. The zero-order chi connectivity index (χ0) is 24.4. The fourth-order valence-electron chi connectivity index (χ4n) is 5.48. The van der Waals surface area contributed by atoms with E-state index >= 15 is 0 Å². The minimum atomic E-state index is -0.0329. The van der Waals surface area contributed by atoms with Gasteiger partial charge in [0.1, 0.15) is 0 Å². The smallest absolute Gasteiger partial charge is 0.252 e. The van der Waals surface area contributed by atoms with Gasteiger partial charge < -0.3 is 4.98 Å². The second-order valence-corrected chi connectivity index (χ2v) is 9.85. The Bertz CT molecular complexity index is 1350. The van der Waals surface area contributed by atoms with Crippen LogP contribution in [0.5, 0.6) is 0 Å². The average molecular weight is 471 g/mol. The number of hydrogen-bond donors (Lipinski definition) is 1. The molecule has 1 saturated carbocycles. The highest BCUT2D eigenvalue weighted by molar-refractivity contribution is 5.85. The van der Waals surface area contributed by atoms with Crippen LogP contribution in [0.1, 0.15) is 79.2 Å². The van der Waals surface area contributed by atoms with Crippen molar-refractivity contribution in [1.82, 2.24) is 30.1 Å². The van der Waals surface area contributed by atoms with E-state index in [-0.39, 0.29) is 11.6 Å². The van der Waals surface area contributed by atoms with Crippen LogP contribution in [0.4, 0.5) is 0 Å². The topological polar surface area (TPSA) is 79.7 Å². The van der Waals surface area contributed by atoms with Crippen molar-refractivity contribution in [1.29, 1.82) is 0 Å². The number of fused-ring (bicyclic) bond motifs is 1. The molecule has 0 saturated heterocycles. The third kappa shape index (κ3) is 4.78. The van der Waals surface area contributed by atoms with Crippen LogP contribution in [0.3, 0.4) is 0 Å². The van der Waals surface area contributed by atoms with Crippen molar-refractivity contribution in [3.05, 3.63) is 87.0 Å². The molecule has 0 aliphatic heterocycles. The van der Waals surface area contributed by atoms with Crippen molar-refractivity contribution in [2.75, 3.05) is 0 Å². The Morgan fingerprint density at radius 1 is 1.06 bits per heavy atom. The monoisotopic (exact) mass is 470 g/mol. The summed E-state index contributed by atoms with van der Waals surface area (Å²) in [6, 6.07) is 17.0. The molecule has 1 aliphatic rings. The third-order valence-electron chi connectivity index (χ3n) is 7.44. The van der Waals surface area contributed by atoms with Gasteiger partial charge in [-0.3, -0.25) is 9.69 Å². The molecule has 1 fully saturated rings. The Labute approximate surface area is 206 Å². The second-order valence-electron chi connectivity index (χ2n) is 9.85. The number of tetrazole rings is 1. The van der Waals surface area contributed by atoms with E-state index in [0.717, 1.165) is 52.7 Å². The molecule has 2 aromatic heterocycles. The predicted molar refractivity (Wildman–Crippen MR) is 138 cm³/mol. The van der Waals surface area contributed by atoms with Crippen LogP contribution < -0.4 is 5.56 Å². The number of nitrogens with one attached hydrogen (secondary N) is 1. The molecule has 2 aromatic carbocycles. The molecule has 0 spiro atoms. The molecule has 7 nitrogen and oxygen atoms in total. The van der Waals surface area contributed by atoms with Crippen molar-refractivity contribution in [3.8, 4) is 0 Å². The molecule has 0 radical (unpaired) electrons. The highest BCUT2D eigenvalue weighted by atomic mass is 16.1. The minimum absolute atomic E-state index is 0.000454. The lowest BCUT2D eigenvalue weighted by molar-refractivity contribution is 0.158. The summed E-state index contributed by atoms with van der Waals surface area (Å²) < 4.78 is 2.05. The van der Waals surface area contributed by atoms with E-state index in [1.54, 1.807) is 0 Å². The number of aryl methyl sites for hydroxylation is 2. The van der Waals surface area contributed by atoms with Crippen molar-refractivity contribution in [2.45, 2.75) is 78.0 Å². The zero-order valence-corrected chi connectivity index (χ0v) is 20.9. The molecular weight excluding hydrogens is 436 g/mol. The van der Waals surface area contributed by atoms with Gasteiger partial charge in [0.15, 0.2) is 5.82 Å². The zero-order valence-electron chi connectivity index (χ0n) is 20.9. The van der Waals surface area contributed by atoms with Gasteiger partial charge in [-0.25, -0.2) is 4.68 Å². The Morgan fingerprint density at radius 2 is 1.80 bits per heavy atom. The fraction of sp³-hybridized carbons (Fsp3) is 0.429. The van der Waals surface area contributed by atoms with Crippen LogP contribution >= 0.6 is 0 Å². The van der Waals surface area contributed by atoms with Gasteiger partial charge in [0.25, 0.3) is 5.56 Å². The van der Waals surface area contributed by atoms with Crippen molar-refractivity contribution < 1.29 is 0 Å². The van der Waals surface area contributed by atoms with Gasteiger partial charge in [-0.2, -0.15) is 0 Å². The predicted octanol–water partition coefficient (Wildman–Crippen LogP) is 5.40. The Kier molecular flexibility index (Phi) is 6.77. The van der Waals surface area contributed by atoms with Gasteiger partial charge in [0, 0.05) is 24.0 Å². The molecule has 1 atom stereocenters. The first kappa shape index (κ1) is 23.4. The summed E-state index contributed by atoms with van der Waals surface area (Å²) in [6.45, 7) is 7.53. The number of benzene rings is 2. The number of pyridine rings is 1. The van der Waals surface area contributed by atoms with Gasteiger partial charge in [0.2, 0.25) is 0 Å². The third-order valence-corrected chi connectivity index (χ3v) is 7.44. The lowest BCUT2D eigenvalue weighted by atomic mass is 10.0. The normalized spacial score (nSPS) is 15.3. The number of hydrogen-bond acceptors (Lipinski definition) is 5. The van der Waals surface area contributed by atoms with Crippen LogP contribution in [-0.4, -0.2) is 30.1 Å². The van der Waals surface area contributed by atoms with Gasteiger partial charge in [-0.1, -0.05) is 62.2 Å². The molecule has 5 rings (SSSR count). The van der Waals surface area contributed by atoms with Crippen LogP contribution in [-0.2, 0) is 13.1 Å². The molecule has 182 valence electrons. The highest BCUT2D eigenvalue weighted by Gasteiger charge is 2.29. The van der Waals surface area contributed by atoms with Gasteiger partial charge in [-0.15, -0.1) is 5.10 Å². The average Bonchev–Trinajstić information content (AvgIpc) is 3.56. The Hall–Kier alpha value is -3.32. The first-order valence-electron chi connectivity index (χ1n) is 12.7. The molecule has 0 amide bonds. The summed E-state index contributed by atoms with van der Waals surface area (Å²) >= 11 is 0. The largest absolute Gasteiger partial charge is 0.321 e. The highest BCUT2D eigenvalue weighted by Crippen LogP contribution is 2.33. The minimum Gasteiger partial charge on any atom is -0.321 e. The number of H-pyrrole nitrogens is 1. The lowest BCUT2D eigenvalue weighted by Gasteiger charge is -2.31. The molecule has 35 heavy (non-hydrogen) atoms. The van der Waals surface area contributed by atoms with E-state index in [2.05, 4.69) is 86.4 Å². The molecule has 2 heterocycles. The van der Waals surface area contributed by atoms with Crippen molar-refractivity contribution in [3.63, 3.8) is 0 Å². The maximum absolute atomic E-state index is 13.2. The van der Waals surface area contributed by atoms with E-state index in [1.807, 2.05) is 13.0 Å². The summed E-state index contributed by atoms with van der Waals surface area (Å²) in [4.78, 5) is 18.7. The molecule has 1 unspecified atom stereocenters. The molecule has 1 N–H and O–H groups in total. The van der Waals surface area contributed by atoms with E-state index in [9.17, 15) is 4.79 Å². The van der Waals surface area contributed by atoms with E-state index in [1.165, 1.54) is 18.4 Å². The van der Waals surface area contributed by atoms with Gasteiger partial charge >= 0.3 is 0 Å². The Balaban J connectivity index is 1.55. The molecular formula is C28H34N6O. The van der Waals surface area contributed by atoms with E-state index in [0.29, 0.717) is 19.1 Å². The van der Waals surface area contributed by atoms with E-state index in [4.69, 9.17) is 0 Å². The molecule has 7 heteroatoms. The van der Waals surface area contributed by atoms with Crippen molar-refractivity contribution in [2.24, 2.45) is 0 Å². The summed E-state index contributed by atoms with van der Waals surface area (Å²) in [5.74, 6) is 0.902. The quantitative estimate of drug-likeness (QED) is 0.373. The number of aromatic amines is 1. The first-order chi connectivity index (χ1) is 17.0. The van der Waals surface area contributed by atoms with Crippen LogP contribution in [0.15, 0.2) is 53.3 Å². The van der Waals surface area contributed by atoms with E-state index < -0.39 is 0 Å². The maximum Gasteiger partial charge on any atom is 0.252 e. The Morgan fingerprint density at radius 3 is 2.54 bits per heavy atom. The maximum atomic E-state index is 13.2. The summed E-state index contributed by atoms with van der Waals surface area (Å²) in [5.41, 5.74) is 5.10. The molecule has 0 bridgehead atoms. The summed E-state index contributed by atoms with van der Waals surface area (Å²) in [5, 5.41) is 14.1. The lowest BCUT2D eigenvalue weighted by Crippen LogP contribution is -2.32. The first-order valence-corrected chi connectivity index (χ1v) is 12.7. The fourth-order valence-corrected chi connectivity index (χ4v) is 5.48.